The van der Waals surface area contributed by atoms with E-state index in [9.17, 15) is 24.3 Å². The standard InChI is InChI=1S/C11H15N3O6/c1-6-8(16)12-7(15)4-14(6)10(19)13-11(9(17)18)2-3-20-5-11/h6H,2-5H2,1H3,(H,13,19)(H,17,18)(H,12,15,16). The molecule has 0 aromatic rings. The van der Waals surface area contributed by atoms with Gasteiger partial charge in [0.1, 0.15) is 12.6 Å². The maximum atomic E-state index is 12.1. The van der Waals surface area contributed by atoms with E-state index < -0.39 is 35.4 Å². The molecule has 9 nitrogen and oxygen atoms in total. The highest BCUT2D eigenvalue weighted by Gasteiger charge is 2.46. The molecule has 0 saturated carbocycles. The van der Waals surface area contributed by atoms with Crippen molar-refractivity contribution in [1.29, 1.82) is 0 Å². The Bertz CT molecular complexity index is 471. The van der Waals surface area contributed by atoms with Gasteiger partial charge in [-0.3, -0.25) is 14.9 Å². The van der Waals surface area contributed by atoms with Gasteiger partial charge >= 0.3 is 12.0 Å². The average molecular weight is 285 g/mol. The molecule has 0 aromatic carbocycles. The molecule has 2 saturated heterocycles. The van der Waals surface area contributed by atoms with Crippen molar-refractivity contribution in [3.8, 4) is 0 Å². The molecule has 2 unspecified atom stereocenters. The highest BCUT2D eigenvalue weighted by Crippen LogP contribution is 2.20. The molecule has 0 aromatic heterocycles. The van der Waals surface area contributed by atoms with Gasteiger partial charge in [0.25, 0.3) is 0 Å². The minimum Gasteiger partial charge on any atom is -0.479 e. The summed E-state index contributed by atoms with van der Waals surface area (Å²) in [4.78, 5) is 47.2. The van der Waals surface area contributed by atoms with Crippen LogP contribution in [0.1, 0.15) is 13.3 Å². The largest absolute Gasteiger partial charge is 0.479 e. The predicted molar refractivity (Wildman–Crippen MR) is 63.7 cm³/mol. The molecule has 2 heterocycles. The Morgan fingerprint density at radius 2 is 2.20 bits per heavy atom. The van der Waals surface area contributed by atoms with Crippen molar-refractivity contribution in [1.82, 2.24) is 15.5 Å². The lowest BCUT2D eigenvalue weighted by Gasteiger charge is -2.34. The van der Waals surface area contributed by atoms with Crippen LogP contribution in [0.2, 0.25) is 0 Å². The van der Waals surface area contributed by atoms with Gasteiger partial charge in [-0.15, -0.1) is 0 Å². The van der Waals surface area contributed by atoms with Crippen molar-refractivity contribution in [2.75, 3.05) is 19.8 Å². The number of carboxylic acids is 1. The Balaban J connectivity index is 2.12. The summed E-state index contributed by atoms with van der Waals surface area (Å²) in [6.45, 7) is 1.24. The van der Waals surface area contributed by atoms with Gasteiger partial charge < -0.3 is 20.1 Å². The van der Waals surface area contributed by atoms with Crippen molar-refractivity contribution in [3.05, 3.63) is 0 Å². The van der Waals surface area contributed by atoms with Crippen molar-refractivity contribution in [2.45, 2.75) is 24.9 Å². The number of urea groups is 1. The molecular formula is C11H15N3O6. The predicted octanol–water partition coefficient (Wildman–Crippen LogP) is -1.71. The second-order valence-electron chi connectivity index (χ2n) is 4.84. The molecule has 2 aliphatic rings. The summed E-state index contributed by atoms with van der Waals surface area (Å²) in [6.07, 6.45) is 0.135. The fourth-order valence-corrected chi connectivity index (χ4v) is 2.12. The highest BCUT2D eigenvalue weighted by atomic mass is 16.5. The van der Waals surface area contributed by atoms with Crippen LogP contribution in [0.5, 0.6) is 0 Å². The second kappa shape index (κ2) is 5.08. The van der Waals surface area contributed by atoms with Crippen molar-refractivity contribution >= 4 is 23.8 Å². The maximum absolute atomic E-state index is 12.1. The van der Waals surface area contributed by atoms with Gasteiger partial charge in [-0.2, -0.15) is 0 Å². The van der Waals surface area contributed by atoms with Crippen molar-refractivity contribution < 1.29 is 29.0 Å². The number of carbonyl (C=O) groups excluding carboxylic acids is 3. The number of aliphatic carboxylic acids is 1. The molecule has 4 amide bonds. The number of rotatable bonds is 2. The van der Waals surface area contributed by atoms with E-state index in [0.29, 0.717) is 0 Å². The summed E-state index contributed by atoms with van der Waals surface area (Å²) in [6, 6.07) is -1.62. The van der Waals surface area contributed by atoms with E-state index in [1.54, 1.807) is 0 Å². The topological polar surface area (TPSA) is 125 Å². The molecule has 2 rings (SSSR count). The van der Waals surface area contributed by atoms with Crippen molar-refractivity contribution in [3.63, 3.8) is 0 Å². The van der Waals surface area contributed by atoms with Crippen LogP contribution in [0.4, 0.5) is 4.79 Å². The first-order chi connectivity index (χ1) is 9.35. The Hall–Kier alpha value is -2.16. The first-order valence-electron chi connectivity index (χ1n) is 6.09. The van der Waals surface area contributed by atoms with Crippen LogP contribution in [-0.4, -0.2) is 65.2 Å². The first-order valence-corrected chi connectivity index (χ1v) is 6.09. The van der Waals surface area contributed by atoms with E-state index in [1.807, 2.05) is 0 Å². The van der Waals surface area contributed by atoms with Crippen LogP contribution in [-0.2, 0) is 19.1 Å². The van der Waals surface area contributed by atoms with Crippen LogP contribution in [0.25, 0.3) is 0 Å². The number of carbonyl (C=O) groups is 4. The van der Waals surface area contributed by atoms with Gasteiger partial charge in [0.15, 0.2) is 5.54 Å². The molecule has 2 aliphatic heterocycles. The fraction of sp³-hybridized carbons (Fsp3) is 0.636. The second-order valence-corrected chi connectivity index (χ2v) is 4.84. The Kier molecular flexibility index (Phi) is 3.62. The maximum Gasteiger partial charge on any atom is 0.332 e. The summed E-state index contributed by atoms with van der Waals surface area (Å²) < 4.78 is 5.02. The van der Waals surface area contributed by atoms with Gasteiger partial charge in [-0.25, -0.2) is 9.59 Å². The molecular weight excluding hydrogens is 270 g/mol. The quantitative estimate of drug-likeness (QED) is 0.519. The molecule has 9 heteroatoms. The van der Waals surface area contributed by atoms with Gasteiger partial charge in [-0.05, 0) is 6.92 Å². The number of nitrogens with zero attached hydrogens (tertiary/aromatic N) is 1. The number of ether oxygens (including phenoxy) is 1. The molecule has 2 atom stereocenters. The molecule has 110 valence electrons. The van der Waals surface area contributed by atoms with Crippen molar-refractivity contribution in [2.24, 2.45) is 0 Å². The van der Waals surface area contributed by atoms with Gasteiger partial charge in [0, 0.05) is 13.0 Å². The van der Waals surface area contributed by atoms with Gasteiger partial charge in [0.05, 0.1) is 6.61 Å². The number of hydrogen-bond donors (Lipinski definition) is 3. The fourth-order valence-electron chi connectivity index (χ4n) is 2.12. The van der Waals surface area contributed by atoms with E-state index in [4.69, 9.17) is 4.74 Å². The van der Waals surface area contributed by atoms with E-state index in [0.717, 1.165) is 4.90 Å². The van der Waals surface area contributed by atoms with Gasteiger partial charge in [0.2, 0.25) is 11.8 Å². The van der Waals surface area contributed by atoms with Crippen LogP contribution in [0.3, 0.4) is 0 Å². The lowest BCUT2D eigenvalue weighted by Crippen LogP contribution is -2.65. The molecule has 2 fully saturated rings. The minimum atomic E-state index is -1.51. The van der Waals surface area contributed by atoms with Crippen LogP contribution >= 0.6 is 0 Å². The smallest absolute Gasteiger partial charge is 0.332 e. The number of hydrogen-bond acceptors (Lipinski definition) is 5. The number of nitrogens with one attached hydrogen (secondary N) is 2. The van der Waals surface area contributed by atoms with Gasteiger partial charge in [-0.1, -0.05) is 0 Å². The minimum absolute atomic E-state index is 0.135. The third-order valence-electron chi connectivity index (χ3n) is 3.46. The number of amides is 4. The lowest BCUT2D eigenvalue weighted by atomic mass is 9.99. The summed E-state index contributed by atoms with van der Waals surface area (Å²) in [5.74, 6) is -2.40. The zero-order chi connectivity index (χ0) is 14.9. The zero-order valence-corrected chi connectivity index (χ0v) is 10.8. The van der Waals surface area contributed by atoms with Crippen LogP contribution in [0.15, 0.2) is 0 Å². The summed E-state index contributed by atoms with van der Waals surface area (Å²) in [5.41, 5.74) is -1.51. The average Bonchev–Trinajstić information content (AvgIpc) is 2.83. The normalized spacial score (nSPS) is 30.1. The monoisotopic (exact) mass is 285 g/mol. The lowest BCUT2D eigenvalue weighted by molar-refractivity contribution is -0.144. The SMILES string of the molecule is CC1C(=O)NC(=O)CN1C(=O)NC1(C(=O)O)CCOC1. The molecule has 0 radical (unpaired) electrons. The van der Waals surface area contributed by atoms with Crippen LogP contribution < -0.4 is 10.6 Å². The molecule has 0 bridgehead atoms. The van der Waals surface area contributed by atoms with E-state index in [2.05, 4.69) is 10.6 Å². The number of carboxylic acid groups (broad SMARTS) is 1. The van der Waals surface area contributed by atoms with E-state index >= 15 is 0 Å². The molecule has 0 aliphatic carbocycles. The van der Waals surface area contributed by atoms with Crippen LogP contribution in [0, 0.1) is 0 Å². The first kappa shape index (κ1) is 14.3. The number of imide groups is 1. The zero-order valence-electron chi connectivity index (χ0n) is 10.8. The summed E-state index contributed by atoms with van der Waals surface area (Å²) in [5, 5.41) is 13.7. The Morgan fingerprint density at radius 1 is 1.50 bits per heavy atom. The highest BCUT2D eigenvalue weighted by molar-refractivity contribution is 6.04. The molecule has 3 N–H and O–H groups in total. The molecule has 20 heavy (non-hydrogen) atoms. The van der Waals surface area contributed by atoms with E-state index in [-0.39, 0.29) is 26.2 Å². The third-order valence-corrected chi connectivity index (χ3v) is 3.46. The Labute approximate surface area is 114 Å². The summed E-state index contributed by atoms with van der Waals surface area (Å²) >= 11 is 0. The third kappa shape index (κ3) is 2.44. The Morgan fingerprint density at radius 3 is 2.75 bits per heavy atom. The summed E-state index contributed by atoms with van der Waals surface area (Å²) in [7, 11) is 0. The number of piperazine rings is 1. The molecule has 0 spiro atoms. The van der Waals surface area contributed by atoms with E-state index in [1.165, 1.54) is 6.92 Å².